The highest BCUT2D eigenvalue weighted by molar-refractivity contribution is 7.12. The van der Waals surface area contributed by atoms with Crippen LogP contribution in [0.25, 0.3) is 0 Å². The molecule has 0 N–H and O–H groups in total. The number of amides is 2. The second-order valence-corrected chi connectivity index (χ2v) is 6.43. The van der Waals surface area contributed by atoms with Gasteiger partial charge in [0.15, 0.2) is 0 Å². The molecule has 1 aliphatic rings. The van der Waals surface area contributed by atoms with Crippen LogP contribution in [-0.4, -0.2) is 35.8 Å². The van der Waals surface area contributed by atoms with E-state index in [0.29, 0.717) is 18.0 Å². The Morgan fingerprint density at radius 1 is 1.23 bits per heavy atom. The van der Waals surface area contributed by atoms with Crippen LogP contribution in [0.15, 0.2) is 41.8 Å². The Morgan fingerprint density at radius 3 is 2.73 bits per heavy atom. The summed E-state index contributed by atoms with van der Waals surface area (Å²) in [5, 5.41) is 1.88. The van der Waals surface area contributed by atoms with Gasteiger partial charge in [-0.2, -0.15) is 0 Å². The maximum absolute atomic E-state index is 12.7. The summed E-state index contributed by atoms with van der Waals surface area (Å²) >= 11 is 1.41. The van der Waals surface area contributed by atoms with Crippen LogP contribution in [0.1, 0.15) is 22.2 Å². The van der Waals surface area contributed by atoms with Gasteiger partial charge < -0.3 is 9.80 Å². The molecule has 3 rings (SSSR count). The minimum Gasteiger partial charge on any atom is -0.324 e. The fourth-order valence-corrected chi connectivity index (χ4v) is 3.42. The van der Waals surface area contributed by atoms with Crippen molar-refractivity contribution in [2.45, 2.75) is 19.9 Å². The van der Waals surface area contributed by atoms with Crippen molar-refractivity contribution in [2.75, 3.05) is 18.0 Å². The van der Waals surface area contributed by atoms with Crippen molar-refractivity contribution in [3.8, 4) is 0 Å². The molecular weight excluding hydrogens is 296 g/mol. The van der Waals surface area contributed by atoms with E-state index < -0.39 is 6.04 Å². The first kappa shape index (κ1) is 14.8. The molecule has 1 fully saturated rings. The minimum absolute atomic E-state index is 0.0262. The molecule has 0 unspecified atom stereocenters. The van der Waals surface area contributed by atoms with E-state index in [0.717, 1.165) is 11.3 Å². The Morgan fingerprint density at radius 2 is 2.05 bits per heavy atom. The number of rotatable bonds is 2. The van der Waals surface area contributed by atoms with Gasteiger partial charge in [0.25, 0.3) is 5.91 Å². The molecule has 5 heteroatoms. The lowest BCUT2D eigenvalue weighted by molar-refractivity contribution is -0.124. The van der Waals surface area contributed by atoms with E-state index in [9.17, 15) is 9.59 Å². The first-order valence-corrected chi connectivity index (χ1v) is 8.18. The van der Waals surface area contributed by atoms with Crippen LogP contribution in [0, 0.1) is 6.92 Å². The number of carbonyl (C=O) groups is 2. The van der Waals surface area contributed by atoms with Crippen LogP contribution in [0.5, 0.6) is 0 Å². The molecule has 1 saturated heterocycles. The zero-order valence-corrected chi connectivity index (χ0v) is 13.5. The molecular formula is C17H18N2O2S. The van der Waals surface area contributed by atoms with E-state index in [2.05, 4.69) is 0 Å². The van der Waals surface area contributed by atoms with Crippen LogP contribution < -0.4 is 4.90 Å². The van der Waals surface area contributed by atoms with Crippen LogP contribution in [-0.2, 0) is 4.79 Å². The molecule has 0 spiro atoms. The summed E-state index contributed by atoms with van der Waals surface area (Å²) in [6.45, 7) is 4.89. The van der Waals surface area contributed by atoms with Crippen molar-refractivity contribution in [3.63, 3.8) is 0 Å². The van der Waals surface area contributed by atoms with Crippen LogP contribution in [0.3, 0.4) is 0 Å². The van der Waals surface area contributed by atoms with E-state index in [1.807, 2.05) is 42.6 Å². The van der Waals surface area contributed by atoms with Gasteiger partial charge in [-0.25, -0.2) is 0 Å². The van der Waals surface area contributed by atoms with Crippen molar-refractivity contribution in [1.29, 1.82) is 0 Å². The number of piperazine rings is 1. The quantitative estimate of drug-likeness (QED) is 0.855. The zero-order chi connectivity index (χ0) is 15.7. The molecule has 0 radical (unpaired) electrons. The monoisotopic (exact) mass is 314 g/mol. The Labute approximate surface area is 134 Å². The van der Waals surface area contributed by atoms with Gasteiger partial charge in [0.05, 0.1) is 4.88 Å². The summed E-state index contributed by atoms with van der Waals surface area (Å²) in [7, 11) is 0. The topological polar surface area (TPSA) is 40.6 Å². The number of thiophene rings is 1. The van der Waals surface area contributed by atoms with Gasteiger partial charge in [-0.3, -0.25) is 9.59 Å². The van der Waals surface area contributed by atoms with Gasteiger partial charge >= 0.3 is 0 Å². The van der Waals surface area contributed by atoms with Gasteiger partial charge in [0, 0.05) is 18.8 Å². The maximum atomic E-state index is 12.7. The maximum Gasteiger partial charge on any atom is 0.264 e. The summed E-state index contributed by atoms with van der Waals surface area (Å²) in [6, 6.07) is 11.1. The molecule has 1 aromatic carbocycles. The van der Waals surface area contributed by atoms with E-state index in [1.165, 1.54) is 11.3 Å². The number of aryl methyl sites for hydroxylation is 1. The molecule has 2 amide bonds. The lowest BCUT2D eigenvalue weighted by atomic mass is 10.1. The Hall–Kier alpha value is -2.14. The predicted octanol–water partition coefficient (Wildman–Crippen LogP) is 2.93. The van der Waals surface area contributed by atoms with E-state index >= 15 is 0 Å². The number of hydrogen-bond acceptors (Lipinski definition) is 3. The molecule has 0 aliphatic carbocycles. The van der Waals surface area contributed by atoms with Gasteiger partial charge in [-0.1, -0.05) is 18.2 Å². The molecule has 1 aromatic heterocycles. The van der Waals surface area contributed by atoms with Gasteiger partial charge in [0.2, 0.25) is 5.91 Å². The SMILES string of the molecule is Cc1cccc(N2CCN(C(=O)c3cccs3)[C@@H](C)C2=O)c1. The highest BCUT2D eigenvalue weighted by atomic mass is 32.1. The second-order valence-electron chi connectivity index (χ2n) is 5.48. The number of benzene rings is 1. The summed E-state index contributed by atoms with van der Waals surface area (Å²) in [4.78, 5) is 29.3. The van der Waals surface area contributed by atoms with Crippen molar-refractivity contribution in [2.24, 2.45) is 0 Å². The van der Waals surface area contributed by atoms with Crippen molar-refractivity contribution in [3.05, 3.63) is 52.2 Å². The number of hydrogen-bond donors (Lipinski definition) is 0. The predicted molar refractivity (Wildman–Crippen MR) is 88.3 cm³/mol. The van der Waals surface area contributed by atoms with Crippen LogP contribution >= 0.6 is 11.3 Å². The van der Waals surface area contributed by atoms with E-state index in [4.69, 9.17) is 0 Å². The standard InChI is InChI=1S/C17H18N2O2S/c1-12-5-3-6-14(11-12)19-9-8-18(13(2)16(19)20)17(21)15-7-4-10-22-15/h3-7,10-11,13H,8-9H2,1-2H3/t13-/m0/s1. The Bertz CT molecular complexity index is 696. The Balaban J connectivity index is 1.80. The van der Waals surface area contributed by atoms with Gasteiger partial charge in [-0.05, 0) is 43.0 Å². The lowest BCUT2D eigenvalue weighted by Crippen LogP contribution is -2.57. The molecule has 22 heavy (non-hydrogen) atoms. The molecule has 0 saturated carbocycles. The fraction of sp³-hybridized carbons (Fsp3) is 0.294. The van der Waals surface area contributed by atoms with Crippen molar-refractivity contribution < 1.29 is 9.59 Å². The third-order valence-corrected chi connectivity index (χ3v) is 4.82. The summed E-state index contributed by atoms with van der Waals surface area (Å²) in [5.41, 5.74) is 2.02. The molecule has 1 aliphatic heterocycles. The van der Waals surface area contributed by atoms with E-state index in [1.54, 1.807) is 22.8 Å². The molecule has 2 heterocycles. The highest BCUT2D eigenvalue weighted by Gasteiger charge is 2.35. The molecule has 114 valence electrons. The molecule has 2 aromatic rings. The summed E-state index contributed by atoms with van der Waals surface area (Å²) in [5.74, 6) is -0.0819. The lowest BCUT2D eigenvalue weighted by Gasteiger charge is -2.39. The minimum atomic E-state index is -0.441. The number of nitrogens with zero attached hydrogens (tertiary/aromatic N) is 2. The first-order chi connectivity index (χ1) is 10.6. The molecule has 0 bridgehead atoms. The van der Waals surface area contributed by atoms with Gasteiger partial charge in [-0.15, -0.1) is 11.3 Å². The zero-order valence-electron chi connectivity index (χ0n) is 12.7. The average Bonchev–Trinajstić information content (AvgIpc) is 3.03. The number of carbonyl (C=O) groups excluding carboxylic acids is 2. The van der Waals surface area contributed by atoms with Gasteiger partial charge in [0.1, 0.15) is 6.04 Å². The Kier molecular flexibility index (Phi) is 3.98. The highest BCUT2D eigenvalue weighted by Crippen LogP contribution is 2.23. The summed E-state index contributed by atoms with van der Waals surface area (Å²) in [6.07, 6.45) is 0. The van der Waals surface area contributed by atoms with Crippen molar-refractivity contribution in [1.82, 2.24) is 4.90 Å². The second kappa shape index (κ2) is 5.93. The first-order valence-electron chi connectivity index (χ1n) is 7.30. The smallest absolute Gasteiger partial charge is 0.264 e. The average molecular weight is 314 g/mol. The third-order valence-electron chi connectivity index (χ3n) is 3.96. The third kappa shape index (κ3) is 2.64. The van der Waals surface area contributed by atoms with Crippen molar-refractivity contribution >= 4 is 28.8 Å². The number of anilines is 1. The largest absolute Gasteiger partial charge is 0.324 e. The normalized spacial score (nSPS) is 18.6. The fourth-order valence-electron chi connectivity index (χ4n) is 2.74. The molecule has 1 atom stereocenters. The van der Waals surface area contributed by atoms with E-state index in [-0.39, 0.29) is 11.8 Å². The van der Waals surface area contributed by atoms with Crippen LogP contribution in [0.2, 0.25) is 0 Å². The summed E-state index contributed by atoms with van der Waals surface area (Å²) < 4.78 is 0. The molecule has 4 nitrogen and oxygen atoms in total. The van der Waals surface area contributed by atoms with Crippen LogP contribution in [0.4, 0.5) is 5.69 Å².